The van der Waals surface area contributed by atoms with Crippen molar-refractivity contribution in [1.29, 1.82) is 0 Å². The van der Waals surface area contributed by atoms with E-state index in [1.54, 1.807) is 47.1 Å². The summed E-state index contributed by atoms with van der Waals surface area (Å²) in [6.45, 7) is 2.68. The lowest BCUT2D eigenvalue weighted by molar-refractivity contribution is -0.139. The summed E-state index contributed by atoms with van der Waals surface area (Å²) in [5, 5.41) is 8.06. The average Bonchev–Trinajstić information content (AvgIpc) is 3.05. The molecule has 0 bridgehead atoms. The van der Waals surface area contributed by atoms with E-state index in [1.807, 2.05) is 6.92 Å². The Balaban J connectivity index is 1.72. The number of ether oxygens (including phenoxy) is 2. The van der Waals surface area contributed by atoms with E-state index in [0.29, 0.717) is 23.4 Å². The summed E-state index contributed by atoms with van der Waals surface area (Å²) in [4.78, 5) is 23.5. The number of nitrogens with zero attached hydrogens (tertiary/aromatic N) is 3. The second-order valence-electron chi connectivity index (χ2n) is 5.40. The molecule has 0 atom stereocenters. The van der Waals surface area contributed by atoms with Crippen LogP contribution in [0.25, 0.3) is 11.0 Å². The van der Waals surface area contributed by atoms with Gasteiger partial charge in [0.1, 0.15) is 11.3 Å². The SMILES string of the molecule is CCn1nnc2cc(C(=O)Oc3ccc(CC(=O)OC)cc3)ccc21. The Labute approximate surface area is 144 Å². The Kier molecular flexibility index (Phi) is 4.74. The van der Waals surface area contributed by atoms with Crippen LogP contribution in [-0.2, 0) is 22.5 Å². The molecular formula is C18H17N3O4. The van der Waals surface area contributed by atoms with Crippen LogP contribution in [0.15, 0.2) is 42.5 Å². The Morgan fingerprint density at radius 2 is 1.88 bits per heavy atom. The van der Waals surface area contributed by atoms with Gasteiger partial charge >= 0.3 is 11.9 Å². The molecule has 3 aromatic rings. The Morgan fingerprint density at radius 3 is 2.56 bits per heavy atom. The van der Waals surface area contributed by atoms with E-state index in [2.05, 4.69) is 15.0 Å². The third kappa shape index (κ3) is 3.65. The quantitative estimate of drug-likeness (QED) is 0.524. The highest BCUT2D eigenvalue weighted by molar-refractivity contribution is 5.94. The van der Waals surface area contributed by atoms with Crippen LogP contribution in [0.1, 0.15) is 22.8 Å². The number of hydrogen-bond acceptors (Lipinski definition) is 6. The number of carbonyl (C=O) groups is 2. The van der Waals surface area contributed by atoms with Gasteiger partial charge in [-0.1, -0.05) is 17.3 Å². The van der Waals surface area contributed by atoms with E-state index in [0.717, 1.165) is 11.1 Å². The molecule has 0 fully saturated rings. The van der Waals surface area contributed by atoms with Crippen LogP contribution in [0, 0.1) is 0 Å². The Bertz CT molecular complexity index is 916. The number of carbonyl (C=O) groups excluding carboxylic acids is 2. The summed E-state index contributed by atoms with van der Waals surface area (Å²) < 4.78 is 11.7. The normalized spacial score (nSPS) is 10.6. The second kappa shape index (κ2) is 7.12. The average molecular weight is 339 g/mol. The zero-order valence-electron chi connectivity index (χ0n) is 13.9. The standard InChI is InChI=1S/C18H17N3O4/c1-3-21-16-9-6-13(11-15(16)19-20-21)18(23)25-14-7-4-12(5-8-14)10-17(22)24-2/h4-9,11H,3,10H2,1-2H3. The molecule has 0 saturated heterocycles. The smallest absolute Gasteiger partial charge is 0.343 e. The van der Waals surface area contributed by atoms with Crippen LogP contribution in [0.2, 0.25) is 0 Å². The first-order chi connectivity index (χ1) is 12.1. The molecule has 0 N–H and O–H groups in total. The van der Waals surface area contributed by atoms with E-state index in [9.17, 15) is 9.59 Å². The summed E-state index contributed by atoms with van der Waals surface area (Å²) in [5.74, 6) is -0.400. The molecule has 1 aromatic heterocycles. The summed E-state index contributed by atoms with van der Waals surface area (Å²) >= 11 is 0. The van der Waals surface area contributed by atoms with Gasteiger partial charge in [0.15, 0.2) is 0 Å². The van der Waals surface area contributed by atoms with Gasteiger partial charge in [-0.3, -0.25) is 4.79 Å². The van der Waals surface area contributed by atoms with Crippen LogP contribution in [0.5, 0.6) is 5.75 Å². The Hall–Kier alpha value is -3.22. The lowest BCUT2D eigenvalue weighted by atomic mass is 10.1. The van der Waals surface area contributed by atoms with Crippen LogP contribution in [-0.4, -0.2) is 34.0 Å². The van der Waals surface area contributed by atoms with Gasteiger partial charge in [-0.15, -0.1) is 5.10 Å². The minimum absolute atomic E-state index is 0.175. The number of rotatable bonds is 5. The lowest BCUT2D eigenvalue weighted by Crippen LogP contribution is -2.09. The summed E-state index contributed by atoms with van der Waals surface area (Å²) in [5.41, 5.74) is 2.69. The van der Waals surface area contributed by atoms with E-state index in [1.165, 1.54) is 7.11 Å². The van der Waals surface area contributed by atoms with Crippen molar-refractivity contribution in [2.75, 3.05) is 7.11 Å². The molecule has 7 heteroatoms. The lowest BCUT2D eigenvalue weighted by Gasteiger charge is -2.06. The van der Waals surface area contributed by atoms with Crippen molar-refractivity contribution in [1.82, 2.24) is 15.0 Å². The topological polar surface area (TPSA) is 83.3 Å². The maximum atomic E-state index is 12.3. The van der Waals surface area contributed by atoms with E-state index >= 15 is 0 Å². The number of fused-ring (bicyclic) bond motifs is 1. The molecule has 0 aliphatic heterocycles. The zero-order valence-corrected chi connectivity index (χ0v) is 13.9. The number of hydrogen-bond donors (Lipinski definition) is 0. The number of esters is 2. The molecule has 0 unspecified atom stereocenters. The molecule has 0 radical (unpaired) electrons. The maximum Gasteiger partial charge on any atom is 0.343 e. The minimum Gasteiger partial charge on any atom is -0.469 e. The molecule has 0 amide bonds. The van der Waals surface area contributed by atoms with Gasteiger partial charge in [0.2, 0.25) is 0 Å². The largest absolute Gasteiger partial charge is 0.469 e. The first kappa shape index (κ1) is 16.6. The van der Waals surface area contributed by atoms with Gasteiger partial charge in [0, 0.05) is 6.54 Å². The number of aromatic nitrogens is 3. The first-order valence-corrected chi connectivity index (χ1v) is 7.82. The number of aryl methyl sites for hydroxylation is 1. The molecule has 3 rings (SSSR count). The van der Waals surface area contributed by atoms with E-state index < -0.39 is 5.97 Å². The molecule has 7 nitrogen and oxygen atoms in total. The fourth-order valence-corrected chi connectivity index (χ4v) is 2.41. The molecule has 0 spiro atoms. The van der Waals surface area contributed by atoms with Crippen molar-refractivity contribution in [3.05, 3.63) is 53.6 Å². The zero-order chi connectivity index (χ0) is 17.8. The van der Waals surface area contributed by atoms with Crippen LogP contribution in [0.4, 0.5) is 0 Å². The van der Waals surface area contributed by atoms with Gasteiger partial charge in [0.05, 0.1) is 24.6 Å². The maximum absolute atomic E-state index is 12.3. The van der Waals surface area contributed by atoms with Crippen LogP contribution >= 0.6 is 0 Å². The minimum atomic E-state index is -0.478. The van der Waals surface area contributed by atoms with Crippen LogP contribution in [0.3, 0.4) is 0 Å². The fourth-order valence-electron chi connectivity index (χ4n) is 2.41. The summed E-state index contributed by atoms with van der Waals surface area (Å²) in [7, 11) is 1.34. The number of methoxy groups -OCH3 is 1. The van der Waals surface area contributed by atoms with Gasteiger partial charge < -0.3 is 9.47 Å². The van der Waals surface area contributed by atoms with Crippen molar-refractivity contribution in [3.8, 4) is 5.75 Å². The van der Waals surface area contributed by atoms with Gasteiger partial charge in [0.25, 0.3) is 0 Å². The molecular weight excluding hydrogens is 322 g/mol. The fraction of sp³-hybridized carbons (Fsp3) is 0.222. The molecule has 1 heterocycles. The molecule has 25 heavy (non-hydrogen) atoms. The molecule has 0 aliphatic rings. The third-order valence-corrected chi connectivity index (χ3v) is 3.76. The highest BCUT2D eigenvalue weighted by Gasteiger charge is 2.12. The van der Waals surface area contributed by atoms with Gasteiger partial charge in [-0.05, 0) is 42.8 Å². The highest BCUT2D eigenvalue weighted by Crippen LogP contribution is 2.17. The molecule has 2 aromatic carbocycles. The van der Waals surface area contributed by atoms with Crippen molar-refractivity contribution in [2.24, 2.45) is 0 Å². The van der Waals surface area contributed by atoms with Crippen molar-refractivity contribution >= 4 is 23.0 Å². The molecule has 128 valence electrons. The van der Waals surface area contributed by atoms with Crippen molar-refractivity contribution in [3.63, 3.8) is 0 Å². The van der Waals surface area contributed by atoms with Gasteiger partial charge in [-0.2, -0.15) is 0 Å². The van der Waals surface area contributed by atoms with Crippen molar-refractivity contribution < 1.29 is 19.1 Å². The van der Waals surface area contributed by atoms with E-state index in [4.69, 9.17) is 4.74 Å². The highest BCUT2D eigenvalue weighted by atomic mass is 16.5. The molecule has 0 saturated carbocycles. The predicted molar refractivity (Wildman–Crippen MR) is 90.3 cm³/mol. The number of benzene rings is 2. The Morgan fingerprint density at radius 1 is 1.12 bits per heavy atom. The van der Waals surface area contributed by atoms with Crippen molar-refractivity contribution in [2.45, 2.75) is 19.9 Å². The third-order valence-electron chi connectivity index (χ3n) is 3.76. The van der Waals surface area contributed by atoms with Gasteiger partial charge in [-0.25, -0.2) is 9.48 Å². The summed E-state index contributed by atoms with van der Waals surface area (Å²) in [6.07, 6.45) is 0.175. The summed E-state index contributed by atoms with van der Waals surface area (Å²) in [6, 6.07) is 11.9. The first-order valence-electron chi connectivity index (χ1n) is 7.82. The van der Waals surface area contributed by atoms with Crippen LogP contribution < -0.4 is 4.74 Å². The molecule has 0 aliphatic carbocycles. The second-order valence-corrected chi connectivity index (χ2v) is 5.40. The monoisotopic (exact) mass is 339 g/mol. The predicted octanol–water partition coefficient (Wildman–Crippen LogP) is 2.39. The van der Waals surface area contributed by atoms with E-state index in [-0.39, 0.29) is 12.4 Å².